The minimum absolute atomic E-state index is 0.178. The van der Waals surface area contributed by atoms with Gasteiger partial charge in [0.2, 0.25) is 0 Å². The van der Waals surface area contributed by atoms with Crippen molar-refractivity contribution in [1.29, 1.82) is 5.26 Å². The zero-order valence-corrected chi connectivity index (χ0v) is 10.3. The van der Waals surface area contributed by atoms with Crippen molar-refractivity contribution >= 4 is 5.97 Å². The molecule has 5 nitrogen and oxygen atoms in total. The molecular weight excluding hydrogens is 234 g/mol. The normalized spacial score (nSPS) is 13.5. The van der Waals surface area contributed by atoms with Gasteiger partial charge < -0.3 is 14.9 Å². The van der Waals surface area contributed by atoms with Crippen LogP contribution in [0.5, 0.6) is 0 Å². The van der Waals surface area contributed by atoms with Gasteiger partial charge in [0.15, 0.2) is 0 Å². The molecule has 1 rings (SSSR count). The summed E-state index contributed by atoms with van der Waals surface area (Å²) in [5, 5.41) is 27.8. The van der Waals surface area contributed by atoms with E-state index in [4.69, 9.17) is 5.26 Å². The summed E-state index contributed by atoms with van der Waals surface area (Å²) in [6.45, 7) is 1.74. The standard InChI is InChI=1S/C13H15NO4/c1-8-3-4-9(7-10(8)13(17)18-2)12(16)11(15)5-6-14/h3-4,7,11-12,15-16H,5H2,1-2H3. The maximum atomic E-state index is 11.5. The highest BCUT2D eigenvalue weighted by molar-refractivity contribution is 5.91. The Morgan fingerprint density at radius 3 is 2.72 bits per heavy atom. The van der Waals surface area contributed by atoms with Crippen molar-refractivity contribution in [2.75, 3.05) is 7.11 Å². The first-order valence-corrected chi connectivity index (χ1v) is 5.43. The van der Waals surface area contributed by atoms with Crippen LogP contribution in [0.25, 0.3) is 0 Å². The third-order valence-electron chi connectivity index (χ3n) is 2.67. The number of aliphatic hydroxyl groups is 2. The van der Waals surface area contributed by atoms with E-state index in [-0.39, 0.29) is 6.42 Å². The number of hydrogen-bond donors (Lipinski definition) is 2. The van der Waals surface area contributed by atoms with Crippen LogP contribution in [0.1, 0.15) is 34.0 Å². The SMILES string of the molecule is COC(=O)c1cc(C(O)C(O)CC#N)ccc1C. The lowest BCUT2D eigenvalue weighted by Gasteiger charge is -2.16. The number of hydrogen-bond acceptors (Lipinski definition) is 5. The minimum Gasteiger partial charge on any atom is -0.465 e. The summed E-state index contributed by atoms with van der Waals surface area (Å²) in [7, 11) is 1.27. The average molecular weight is 249 g/mol. The van der Waals surface area contributed by atoms with E-state index in [9.17, 15) is 15.0 Å². The van der Waals surface area contributed by atoms with Crippen molar-refractivity contribution in [3.63, 3.8) is 0 Å². The molecular formula is C13H15NO4. The fourth-order valence-corrected chi connectivity index (χ4v) is 1.58. The predicted octanol–water partition coefficient (Wildman–Crippen LogP) is 1.09. The van der Waals surface area contributed by atoms with Gasteiger partial charge in [-0.3, -0.25) is 0 Å². The van der Waals surface area contributed by atoms with E-state index in [1.165, 1.54) is 13.2 Å². The highest BCUT2D eigenvalue weighted by atomic mass is 16.5. The summed E-state index contributed by atoms with van der Waals surface area (Å²) < 4.78 is 4.62. The largest absolute Gasteiger partial charge is 0.465 e. The van der Waals surface area contributed by atoms with Crippen LogP contribution >= 0.6 is 0 Å². The molecule has 2 atom stereocenters. The number of ether oxygens (including phenoxy) is 1. The van der Waals surface area contributed by atoms with Gasteiger partial charge in [0.25, 0.3) is 0 Å². The molecule has 0 heterocycles. The fraction of sp³-hybridized carbons (Fsp3) is 0.385. The van der Waals surface area contributed by atoms with E-state index in [0.29, 0.717) is 16.7 Å². The van der Waals surface area contributed by atoms with E-state index >= 15 is 0 Å². The molecule has 0 bridgehead atoms. The molecule has 5 heteroatoms. The topological polar surface area (TPSA) is 90.6 Å². The van der Waals surface area contributed by atoms with E-state index in [1.807, 2.05) is 0 Å². The Morgan fingerprint density at radius 1 is 1.50 bits per heavy atom. The molecule has 0 aliphatic rings. The van der Waals surface area contributed by atoms with Gasteiger partial charge in [-0.25, -0.2) is 4.79 Å². The van der Waals surface area contributed by atoms with Gasteiger partial charge in [-0.2, -0.15) is 5.26 Å². The van der Waals surface area contributed by atoms with Gasteiger partial charge in [-0.1, -0.05) is 12.1 Å². The Labute approximate surface area is 105 Å². The van der Waals surface area contributed by atoms with Crippen LogP contribution in [0.15, 0.2) is 18.2 Å². The molecule has 0 radical (unpaired) electrons. The molecule has 96 valence electrons. The third kappa shape index (κ3) is 3.06. The molecule has 0 amide bonds. The first kappa shape index (κ1) is 14.2. The van der Waals surface area contributed by atoms with Crippen LogP contribution in [-0.4, -0.2) is 29.4 Å². The number of rotatable bonds is 4. The van der Waals surface area contributed by atoms with E-state index in [1.54, 1.807) is 25.1 Å². The molecule has 0 spiro atoms. The summed E-state index contributed by atoms with van der Waals surface area (Å²) in [5.74, 6) is -0.503. The van der Waals surface area contributed by atoms with E-state index < -0.39 is 18.2 Å². The molecule has 2 N–H and O–H groups in total. The van der Waals surface area contributed by atoms with Crippen LogP contribution in [-0.2, 0) is 4.74 Å². The zero-order chi connectivity index (χ0) is 13.7. The first-order chi connectivity index (χ1) is 8.51. The summed E-state index contributed by atoms with van der Waals surface area (Å²) >= 11 is 0. The Morgan fingerprint density at radius 2 is 2.17 bits per heavy atom. The van der Waals surface area contributed by atoms with Gasteiger partial charge >= 0.3 is 5.97 Å². The number of nitrogens with zero attached hydrogens (tertiary/aromatic N) is 1. The van der Waals surface area contributed by atoms with E-state index in [0.717, 1.165) is 0 Å². The predicted molar refractivity (Wildman–Crippen MR) is 63.7 cm³/mol. The number of esters is 1. The molecule has 0 fully saturated rings. The average Bonchev–Trinajstić information content (AvgIpc) is 2.38. The van der Waals surface area contributed by atoms with Gasteiger partial charge in [0, 0.05) is 0 Å². The number of methoxy groups -OCH3 is 1. The van der Waals surface area contributed by atoms with Crippen LogP contribution < -0.4 is 0 Å². The fourth-order valence-electron chi connectivity index (χ4n) is 1.58. The van der Waals surface area contributed by atoms with Gasteiger partial charge in [0.1, 0.15) is 6.10 Å². The highest BCUT2D eigenvalue weighted by Gasteiger charge is 2.20. The molecule has 0 saturated heterocycles. The highest BCUT2D eigenvalue weighted by Crippen LogP contribution is 2.22. The summed E-state index contributed by atoms with van der Waals surface area (Å²) in [5.41, 5.74) is 1.43. The van der Waals surface area contributed by atoms with Crippen molar-refractivity contribution < 1.29 is 19.7 Å². The van der Waals surface area contributed by atoms with Gasteiger partial charge in [0.05, 0.1) is 31.3 Å². The van der Waals surface area contributed by atoms with Crippen LogP contribution in [0.2, 0.25) is 0 Å². The monoisotopic (exact) mass is 249 g/mol. The number of aryl methyl sites for hydroxylation is 1. The Bertz CT molecular complexity index is 478. The van der Waals surface area contributed by atoms with Crippen LogP contribution in [0.4, 0.5) is 0 Å². The number of carbonyl (C=O) groups excluding carboxylic acids is 1. The quantitative estimate of drug-likeness (QED) is 0.779. The first-order valence-electron chi connectivity index (χ1n) is 5.43. The number of carbonyl (C=O) groups is 1. The second-order valence-corrected chi connectivity index (χ2v) is 3.94. The summed E-state index contributed by atoms with van der Waals surface area (Å²) in [6.07, 6.45) is -2.56. The van der Waals surface area contributed by atoms with E-state index in [2.05, 4.69) is 4.74 Å². The lowest BCUT2D eigenvalue weighted by molar-refractivity contribution is 0.0215. The molecule has 1 aromatic rings. The van der Waals surface area contributed by atoms with Crippen LogP contribution in [0.3, 0.4) is 0 Å². The number of aliphatic hydroxyl groups excluding tert-OH is 2. The maximum absolute atomic E-state index is 11.5. The summed E-state index contributed by atoms with van der Waals surface area (Å²) in [6, 6.07) is 6.50. The van der Waals surface area contributed by atoms with Crippen molar-refractivity contribution in [1.82, 2.24) is 0 Å². The van der Waals surface area contributed by atoms with Crippen molar-refractivity contribution in [2.45, 2.75) is 25.6 Å². The lowest BCUT2D eigenvalue weighted by atomic mass is 9.98. The molecule has 2 unspecified atom stereocenters. The second-order valence-electron chi connectivity index (χ2n) is 3.94. The molecule has 0 aromatic heterocycles. The molecule has 0 aliphatic heterocycles. The minimum atomic E-state index is -1.20. The molecule has 1 aromatic carbocycles. The van der Waals surface area contributed by atoms with Crippen molar-refractivity contribution in [3.05, 3.63) is 34.9 Å². The third-order valence-corrected chi connectivity index (χ3v) is 2.67. The number of nitriles is 1. The maximum Gasteiger partial charge on any atom is 0.338 e. The van der Waals surface area contributed by atoms with Gasteiger partial charge in [-0.05, 0) is 24.1 Å². The molecule has 0 saturated carbocycles. The van der Waals surface area contributed by atoms with Crippen LogP contribution in [0, 0.1) is 18.3 Å². The lowest BCUT2D eigenvalue weighted by Crippen LogP contribution is -2.18. The van der Waals surface area contributed by atoms with Gasteiger partial charge in [-0.15, -0.1) is 0 Å². The Balaban J connectivity index is 3.05. The Hall–Kier alpha value is -1.90. The van der Waals surface area contributed by atoms with Crippen molar-refractivity contribution in [2.24, 2.45) is 0 Å². The van der Waals surface area contributed by atoms with Crippen molar-refractivity contribution in [3.8, 4) is 6.07 Å². The molecule has 18 heavy (non-hydrogen) atoms. The molecule has 0 aliphatic carbocycles. The Kier molecular flexibility index (Phi) is 4.84. The number of benzene rings is 1. The smallest absolute Gasteiger partial charge is 0.338 e. The summed E-state index contributed by atoms with van der Waals surface area (Å²) in [4.78, 5) is 11.5. The zero-order valence-electron chi connectivity index (χ0n) is 10.3. The second kappa shape index (κ2) is 6.15.